The van der Waals surface area contributed by atoms with Crippen LogP contribution in [0.4, 0.5) is 0 Å². The van der Waals surface area contributed by atoms with E-state index >= 15 is 0 Å². The molecular formula is C18H22N4O2. The van der Waals surface area contributed by atoms with Crippen LogP contribution in [0.3, 0.4) is 0 Å². The molecule has 0 aliphatic carbocycles. The van der Waals surface area contributed by atoms with E-state index in [0.717, 1.165) is 42.6 Å². The third-order valence-electron chi connectivity index (χ3n) is 5.18. The fourth-order valence-electron chi connectivity index (χ4n) is 3.82. The molecule has 0 saturated carbocycles. The van der Waals surface area contributed by atoms with Crippen molar-refractivity contribution in [3.8, 4) is 0 Å². The number of aryl methyl sites for hydroxylation is 1. The Morgan fingerprint density at radius 2 is 2.00 bits per heavy atom. The molecule has 3 heterocycles. The average Bonchev–Trinajstić information content (AvgIpc) is 2.60. The minimum Gasteiger partial charge on any atom is -0.353 e. The molecule has 2 aliphatic heterocycles. The second-order valence-electron chi connectivity index (χ2n) is 6.67. The van der Waals surface area contributed by atoms with Crippen LogP contribution < -0.4 is 10.9 Å². The van der Waals surface area contributed by atoms with E-state index < -0.39 is 0 Å². The first-order chi connectivity index (χ1) is 11.6. The van der Waals surface area contributed by atoms with Crippen LogP contribution in [-0.2, 0) is 18.4 Å². The van der Waals surface area contributed by atoms with E-state index in [2.05, 4.69) is 15.1 Å². The lowest BCUT2D eigenvalue weighted by Gasteiger charge is -2.43. The molecule has 2 aromatic rings. The molecular weight excluding hydrogens is 304 g/mol. The van der Waals surface area contributed by atoms with E-state index in [1.165, 1.54) is 0 Å². The van der Waals surface area contributed by atoms with Crippen molar-refractivity contribution in [3.63, 3.8) is 0 Å². The third-order valence-corrected chi connectivity index (χ3v) is 5.18. The zero-order chi connectivity index (χ0) is 16.7. The smallest absolute Gasteiger partial charge is 0.255 e. The summed E-state index contributed by atoms with van der Waals surface area (Å²) in [6.07, 6.45) is 0. The van der Waals surface area contributed by atoms with Gasteiger partial charge in [-0.1, -0.05) is 18.2 Å². The fourth-order valence-corrected chi connectivity index (χ4v) is 3.82. The highest BCUT2D eigenvalue weighted by molar-refractivity contribution is 5.83. The number of amides is 1. The quantitative estimate of drug-likeness (QED) is 0.854. The molecule has 0 bridgehead atoms. The summed E-state index contributed by atoms with van der Waals surface area (Å²) in [6.45, 7) is 4.70. The van der Waals surface area contributed by atoms with E-state index in [1.54, 1.807) is 4.57 Å². The minimum atomic E-state index is -0.0863. The van der Waals surface area contributed by atoms with Gasteiger partial charge < -0.3 is 9.88 Å². The molecule has 24 heavy (non-hydrogen) atoms. The second kappa shape index (κ2) is 6.03. The van der Waals surface area contributed by atoms with Crippen molar-refractivity contribution in [1.29, 1.82) is 0 Å². The molecule has 0 spiro atoms. The molecule has 6 heteroatoms. The Bertz CT molecular complexity index is 845. The second-order valence-corrected chi connectivity index (χ2v) is 6.67. The molecule has 2 saturated heterocycles. The van der Waals surface area contributed by atoms with Crippen LogP contribution in [0, 0.1) is 0 Å². The summed E-state index contributed by atoms with van der Waals surface area (Å²) >= 11 is 0. The topological polar surface area (TPSA) is 57.6 Å². The van der Waals surface area contributed by atoms with Gasteiger partial charge in [0.2, 0.25) is 5.91 Å². The highest BCUT2D eigenvalue weighted by Gasteiger charge is 2.34. The normalized spacial score (nSPS) is 22.4. The van der Waals surface area contributed by atoms with Crippen LogP contribution in [0.15, 0.2) is 35.1 Å². The maximum absolute atomic E-state index is 12.7. The Balaban J connectivity index is 1.59. The summed E-state index contributed by atoms with van der Waals surface area (Å²) < 4.78 is 1.72. The summed E-state index contributed by atoms with van der Waals surface area (Å²) in [6, 6.07) is 9.84. The molecule has 126 valence electrons. The third kappa shape index (κ3) is 2.61. The Hall–Kier alpha value is -2.18. The molecule has 4 rings (SSSR count). The highest BCUT2D eigenvalue weighted by Crippen LogP contribution is 2.17. The summed E-state index contributed by atoms with van der Waals surface area (Å²) in [5.41, 5.74) is 1.79. The maximum Gasteiger partial charge on any atom is 0.255 e. The number of rotatable bonds is 2. The Labute approximate surface area is 140 Å². The number of piperazine rings is 2. The molecule has 0 unspecified atom stereocenters. The molecule has 2 aliphatic rings. The van der Waals surface area contributed by atoms with Crippen molar-refractivity contribution in [3.05, 3.63) is 46.2 Å². The maximum atomic E-state index is 12.7. The van der Waals surface area contributed by atoms with Gasteiger partial charge in [-0.3, -0.25) is 19.4 Å². The van der Waals surface area contributed by atoms with Crippen LogP contribution in [-0.4, -0.2) is 59.0 Å². The average molecular weight is 326 g/mol. The zero-order valence-electron chi connectivity index (χ0n) is 13.9. The van der Waals surface area contributed by atoms with Gasteiger partial charge in [-0.05, 0) is 17.5 Å². The van der Waals surface area contributed by atoms with Gasteiger partial charge in [0.15, 0.2) is 0 Å². The van der Waals surface area contributed by atoms with Gasteiger partial charge in [-0.15, -0.1) is 0 Å². The molecule has 1 aromatic carbocycles. The number of para-hydroxylation sites is 1. The van der Waals surface area contributed by atoms with Crippen LogP contribution in [0.2, 0.25) is 0 Å². The first-order valence-corrected chi connectivity index (χ1v) is 8.45. The number of carbonyl (C=O) groups is 1. The van der Waals surface area contributed by atoms with Gasteiger partial charge in [0, 0.05) is 51.9 Å². The molecule has 1 atom stereocenters. The van der Waals surface area contributed by atoms with Crippen molar-refractivity contribution in [2.45, 2.75) is 12.6 Å². The van der Waals surface area contributed by atoms with E-state index in [9.17, 15) is 9.59 Å². The summed E-state index contributed by atoms with van der Waals surface area (Å²) in [4.78, 5) is 29.2. The van der Waals surface area contributed by atoms with E-state index in [-0.39, 0.29) is 17.5 Å². The number of carbonyl (C=O) groups excluding carboxylic acids is 1. The predicted molar refractivity (Wildman–Crippen MR) is 92.8 cm³/mol. The lowest BCUT2D eigenvalue weighted by molar-refractivity contribution is -0.131. The van der Waals surface area contributed by atoms with E-state index in [0.29, 0.717) is 13.1 Å². The molecule has 2 fully saturated rings. The van der Waals surface area contributed by atoms with Crippen LogP contribution in [0.25, 0.3) is 10.9 Å². The van der Waals surface area contributed by atoms with Crippen LogP contribution >= 0.6 is 0 Å². The molecule has 1 aromatic heterocycles. The van der Waals surface area contributed by atoms with E-state index in [4.69, 9.17) is 0 Å². The molecule has 0 radical (unpaired) electrons. The van der Waals surface area contributed by atoms with Gasteiger partial charge in [-0.25, -0.2) is 0 Å². The van der Waals surface area contributed by atoms with Crippen LogP contribution in [0.1, 0.15) is 5.56 Å². The van der Waals surface area contributed by atoms with Gasteiger partial charge in [0.25, 0.3) is 5.56 Å². The van der Waals surface area contributed by atoms with E-state index in [1.807, 2.05) is 37.4 Å². The lowest BCUT2D eigenvalue weighted by atomic mass is 10.1. The highest BCUT2D eigenvalue weighted by atomic mass is 16.2. The van der Waals surface area contributed by atoms with Crippen molar-refractivity contribution in [1.82, 2.24) is 19.7 Å². The number of pyridine rings is 1. The number of benzene rings is 1. The standard InChI is InChI=1S/C18H22N4O2/c1-20-15-5-3-2-4-13(15)10-14(18(20)24)11-21-8-9-22-7-6-19-17(23)16(22)12-21/h2-5,10,16H,6-9,11-12H2,1H3,(H,19,23)/t16-/m0/s1. The van der Waals surface area contributed by atoms with Crippen molar-refractivity contribution < 1.29 is 4.79 Å². The molecule has 6 nitrogen and oxygen atoms in total. The fraction of sp³-hybridized carbons (Fsp3) is 0.444. The largest absolute Gasteiger partial charge is 0.353 e. The van der Waals surface area contributed by atoms with Gasteiger partial charge in [-0.2, -0.15) is 0 Å². The minimum absolute atomic E-state index is 0.0456. The molecule has 1 amide bonds. The first kappa shape index (κ1) is 15.4. The number of hydrogen-bond acceptors (Lipinski definition) is 4. The van der Waals surface area contributed by atoms with Crippen molar-refractivity contribution >= 4 is 16.8 Å². The van der Waals surface area contributed by atoms with Crippen molar-refractivity contribution in [2.24, 2.45) is 7.05 Å². The SMILES string of the molecule is Cn1c(=O)c(CN2CCN3CCNC(=O)[C@@H]3C2)cc2ccccc21. The Morgan fingerprint density at radius 3 is 2.88 bits per heavy atom. The number of aromatic nitrogens is 1. The lowest BCUT2D eigenvalue weighted by Crippen LogP contribution is -2.63. The Morgan fingerprint density at radius 1 is 1.17 bits per heavy atom. The number of nitrogens with one attached hydrogen (secondary N) is 1. The Kier molecular flexibility index (Phi) is 3.86. The summed E-state index contributed by atoms with van der Waals surface area (Å²) in [7, 11) is 1.82. The first-order valence-electron chi connectivity index (χ1n) is 8.45. The number of fused-ring (bicyclic) bond motifs is 2. The molecule has 1 N–H and O–H groups in total. The monoisotopic (exact) mass is 326 g/mol. The summed E-state index contributed by atoms with van der Waals surface area (Å²) in [5.74, 6) is 0.109. The predicted octanol–water partition coefficient (Wildman–Crippen LogP) is 0.155. The van der Waals surface area contributed by atoms with Crippen LogP contribution in [0.5, 0.6) is 0 Å². The number of hydrogen-bond donors (Lipinski definition) is 1. The van der Waals surface area contributed by atoms with Gasteiger partial charge in [0.1, 0.15) is 6.04 Å². The summed E-state index contributed by atoms with van der Waals surface area (Å²) in [5, 5.41) is 4.01. The van der Waals surface area contributed by atoms with Gasteiger partial charge >= 0.3 is 0 Å². The zero-order valence-corrected chi connectivity index (χ0v) is 13.9. The number of nitrogens with zero attached hydrogens (tertiary/aromatic N) is 3. The van der Waals surface area contributed by atoms with Crippen molar-refractivity contribution in [2.75, 3.05) is 32.7 Å². The van der Waals surface area contributed by atoms with Gasteiger partial charge in [0.05, 0.1) is 5.52 Å².